The topological polar surface area (TPSA) is 95.4 Å². The van der Waals surface area contributed by atoms with Crippen molar-refractivity contribution >= 4 is 24.7 Å². The summed E-state index contributed by atoms with van der Waals surface area (Å²) in [6, 6.07) is -0.893. The zero-order valence-electron chi connectivity index (χ0n) is 5.11. The van der Waals surface area contributed by atoms with Crippen molar-refractivity contribution in [2.24, 2.45) is 11.5 Å². The predicted octanol–water partition coefficient (Wildman–Crippen LogP) is -1.13. The highest BCUT2D eigenvalue weighted by Crippen LogP contribution is 1.87. The number of hydrogen-bond acceptors (Lipinski definition) is 5. The third-order valence-corrected chi connectivity index (χ3v) is 1.09. The molecule has 0 aromatic rings. The van der Waals surface area contributed by atoms with Crippen molar-refractivity contribution < 1.29 is 14.3 Å². The van der Waals surface area contributed by atoms with Crippen LogP contribution < -0.4 is 11.5 Å². The standard InChI is InChI=1S/C4H8N2O3S/c5-2(1-10)3(7)9-4(6)8/h2,10H,1,5H2,(H2,6,8)/t2-/m0/s1. The highest BCUT2D eigenvalue weighted by molar-refractivity contribution is 7.80. The number of amides is 1. The molecule has 5 nitrogen and oxygen atoms in total. The Labute approximate surface area is 63.1 Å². The van der Waals surface area contributed by atoms with Gasteiger partial charge >= 0.3 is 12.1 Å². The second-order valence-electron chi connectivity index (χ2n) is 1.53. The monoisotopic (exact) mass is 164 g/mol. The number of nitrogens with two attached hydrogens (primary N) is 2. The molecule has 6 heteroatoms. The summed E-state index contributed by atoms with van der Waals surface area (Å²) in [5.74, 6) is -0.742. The fraction of sp³-hybridized carbons (Fsp3) is 0.500. The molecule has 0 saturated carbocycles. The molecule has 0 fully saturated rings. The third-order valence-electron chi connectivity index (χ3n) is 0.701. The first-order valence-electron chi connectivity index (χ1n) is 2.45. The van der Waals surface area contributed by atoms with Crippen LogP contribution in [0.25, 0.3) is 0 Å². The quantitative estimate of drug-likeness (QED) is 0.273. The lowest BCUT2D eigenvalue weighted by molar-refractivity contribution is -0.137. The fourth-order valence-corrected chi connectivity index (χ4v) is 0.398. The largest absolute Gasteiger partial charge is 0.412 e. The number of thiol groups is 1. The molecule has 0 aliphatic heterocycles. The molecule has 0 aliphatic rings. The summed E-state index contributed by atoms with van der Waals surface area (Å²) in [7, 11) is 0. The Morgan fingerprint density at radius 1 is 1.60 bits per heavy atom. The van der Waals surface area contributed by atoms with Crippen LogP contribution in [0.2, 0.25) is 0 Å². The van der Waals surface area contributed by atoms with Crippen molar-refractivity contribution in [3.63, 3.8) is 0 Å². The van der Waals surface area contributed by atoms with Crippen LogP contribution in [0.3, 0.4) is 0 Å². The van der Waals surface area contributed by atoms with Gasteiger partial charge in [0.15, 0.2) is 0 Å². The van der Waals surface area contributed by atoms with Crippen LogP contribution in [-0.4, -0.2) is 23.9 Å². The molecule has 0 heterocycles. The van der Waals surface area contributed by atoms with Gasteiger partial charge in [-0.2, -0.15) is 12.6 Å². The van der Waals surface area contributed by atoms with E-state index >= 15 is 0 Å². The number of ether oxygens (including phenoxy) is 1. The molecule has 0 spiro atoms. The summed E-state index contributed by atoms with van der Waals surface area (Å²) in [6.45, 7) is 0. The maximum Gasteiger partial charge on any atom is 0.412 e. The van der Waals surface area contributed by atoms with Gasteiger partial charge in [0, 0.05) is 5.75 Å². The van der Waals surface area contributed by atoms with Crippen LogP contribution >= 0.6 is 12.6 Å². The van der Waals surface area contributed by atoms with E-state index in [-0.39, 0.29) is 5.75 Å². The van der Waals surface area contributed by atoms with Crippen LogP contribution in [0.1, 0.15) is 0 Å². The van der Waals surface area contributed by atoms with E-state index in [9.17, 15) is 9.59 Å². The van der Waals surface area contributed by atoms with Crippen molar-refractivity contribution in [3.8, 4) is 0 Å². The van der Waals surface area contributed by atoms with Crippen LogP contribution in [0.4, 0.5) is 4.79 Å². The number of hydrogen-bond donors (Lipinski definition) is 3. The van der Waals surface area contributed by atoms with Crippen molar-refractivity contribution in [2.45, 2.75) is 6.04 Å². The maximum atomic E-state index is 10.5. The molecule has 1 atom stereocenters. The second kappa shape index (κ2) is 4.13. The van der Waals surface area contributed by atoms with E-state index in [1.54, 1.807) is 0 Å². The van der Waals surface area contributed by atoms with Crippen molar-refractivity contribution in [1.29, 1.82) is 0 Å². The molecule has 0 aromatic heterocycles. The average Bonchev–Trinajstić information content (AvgIpc) is 1.85. The van der Waals surface area contributed by atoms with Gasteiger partial charge in [-0.3, -0.25) is 0 Å². The lowest BCUT2D eigenvalue weighted by Crippen LogP contribution is -2.36. The molecular formula is C4H8N2O3S. The average molecular weight is 164 g/mol. The lowest BCUT2D eigenvalue weighted by Gasteiger charge is -2.03. The van der Waals surface area contributed by atoms with E-state index in [0.717, 1.165) is 0 Å². The van der Waals surface area contributed by atoms with Gasteiger partial charge in [-0.25, -0.2) is 9.59 Å². The highest BCUT2D eigenvalue weighted by atomic mass is 32.1. The minimum Gasteiger partial charge on any atom is -0.375 e. The minimum atomic E-state index is -1.15. The number of rotatable bonds is 2. The zero-order valence-corrected chi connectivity index (χ0v) is 6.01. The number of carbonyl (C=O) groups is 2. The summed E-state index contributed by atoms with van der Waals surface area (Å²) in [5, 5.41) is 0. The molecular weight excluding hydrogens is 156 g/mol. The Morgan fingerprint density at radius 2 is 2.10 bits per heavy atom. The van der Waals surface area contributed by atoms with Gasteiger partial charge in [0.1, 0.15) is 6.04 Å². The summed E-state index contributed by atoms with van der Waals surface area (Å²) < 4.78 is 3.93. The second-order valence-corrected chi connectivity index (χ2v) is 1.89. The van der Waals surface area contributed by atoms with Gasteiger partial charge in [-0.15, -0.1) is 0 Å². The number of carbonyl (C=O) groups excluding carboxylic acids is 2. The smallest absolute Gasteiger partial charge is 0.375 e. The first-order valence-corrected chi connectivity index (χ1v) is 3.08. The maximum absolute atomic E-state index is 10.5. The van der Waals surface area contributed by atoms with Gasteiger partial charge < -0.3 is 16.2 Å². The van der Waals surface area contributed by atoms with Gasteiger partial charge in [0.25, 0.3) is 0 Å². The van der Waals surface area contributed by atoms with E-state index in [1.165, 1.54) is 0 Å². The highest BCUT2D eigenvalue weighted by Gasteiger charge is 2.14. The molecule has 4 N–H and O–H groups in total. The van der Waals surface area contributed by atoms with Crippen molar-refractivity contribution in [2.75, 3.05) is 5.75 Å². The summed E-state index contributed by atoms with van der Waals surface area (Å²) in [4.78, 5) is 20.4. The minimum absolute atomic E-state index is 0.117. The van der Waals surface area contributed by atoms with Gasteiger partial charge in [0.2, 0.25) is 0 Å². The summed E-state index contributed by atoms with van der Waals surface area (Å²) >= 11 is 3.70. The Bertz CT molecular complexity index is 149. The lowest BCUT2D eigenvalue weighted by atomic mass is 10.4. The summed E-state index contributed by atoms with van der Waals surface area (Å²) in [6.07, 6.45) is -1.15. The van der Waals surface area contributed by atoms with E-state index in [1.807, 2.05) is 0 Å². The Morgan fingerprint density at radius 3 is 2.40 bits per heavy atom. The molecule has 0 aromatic carbocycles. The fourth-order valence-electron chi connectivity index (χ4n) is 0.249. The van der Waals surface area contributed by atoms with Crippen molar-refractivity contribution in [1.82, 2.24) is 0 Å². The SMILES string of the molecule is NC(=O)OC(=O)[C@@H](N)CS. The molecule has 10 heavy (non-hydrogen) atoms. The molecule has 1 amide bonds. The number of esters is 1. The Balaban J connectivity index is 3.73. The van der Waals surface area contributed by atoms with Crippen molar-refractivity contribution in [3.05, 3.63) is 0 Å². The normalized spacial score (nSPS) is 12.2. The molecule has 0 aliphatic carbocycles. The van der Waals surface area contributed by atoms with E-state index in [0.29, 0.717) is 0 Å². The van der Waals surface area contributed by atoms with Crippen LogP contribution in [0.5, 0.6) is 0 Å². The predicted molar refractivity (Wildman–Crippen MR) is 37.5 cm³/mol. The molecule has 0 bridgehead atoms. The first kappa shape index (κ1) is 9.25. The summed E-state index contributed by atoms with van der Waals surface area (Å²) in [5.41, 5.74) is 9.63. The Kier molecular flexibility index (Phi) is 3.82. The van der Waals surface area contributed by atoms with E-state index < -0.39 is 18.1 Å². The number of primary amides is 1. The molecule has 0 radical (unpaired) electrons. The first-order chi connectivity index (χ1) is 4.57. The molecule has 0 rings (SSSR count). The molecule has 0 unspecified atom stereocenters. The Hall–Kier alpha value is -0.750. The van der Waals surface area contributed by atoms with Gasteiger partial charge in [-0.05, 0) is 0 Å². The third kappa shape index (κ3) is 3.31. The van der Waals surface area contributed by atoms with E-state index in [2.05, 4.69) is 23.1 Å². The van der Waals surface area contributed by atoms with Crippen LogP contribution in [0.15, 0.2) is 0 Å². The molecule has 0 saturated heterocycles. The van der Waals surface area contributed by atoms with E-state index in [4.69, 9.17) is 5.73 Å². The van der Waals surface area contributed by atoms with Crippen LogP contribution in [0, 0.1) is 0 Å². The zero-order chi connectivity index (χ0) is 8.15. The molecule has 58 valence electrons. The van der Waals surface area contributed by atoms with Gasteiger partial charge in [-0.1, -0.05) is 0 Å². The van der Waals surface area contributed by atoms with Crippen LogP contribution in [-0.2, 0) is 9.53 Å². The van der Waals surface area contributed by atoms with Gasteiger partial charge in [0.05, 0.1) is 0 Å².